The lowest BCUT2D eigenvalue weighted by molar-refractivity contribution is -0.115. The van der Waals surface area contributed by atoms with Gasteiger partial charge in [-0.1, -0.05) is 22.0 Å². The van der Waals surface area contributed by atoms with Gasteiger partial charge >= 0.3 is 0 Å². The normalized spacial score (nSPS) is 10.5. The number of nitrogens with one attached hydrogen (secondary N) is 2. The fraction of sp³-hybridized carbons (Fsp3) is 0.118. The molecule has 0 atom stereocenters. The van der Waals surface area contributed by atoms with Crippen molar-refractivity contribution >= 4 is 49.9 Å². The molecule has 6 nitrogen and oxygen atoms in total. The van der Waals surface area contributed by atoms with Crippen molar-refractivity contribution in [3.05, 3.63) is 63.5 Å². The van der Waals surface area contributed by atoms with E-state index in [1.54, 1.807) is 18.4 Å². The summed E-state index contributed by atoms with van der Waals surface area (Å²) in [5.41, 5.74) is 1.76. The number of furan rings is 1. The quantitative estimate of drug-likeness (QED) is 0.647. The van der Waals surface area contributed by atoms with E-state index in [2.05, 4.69) is 31.5 Å². The second-order valence-electron chi connectivity index (χ2n) is 5.22. The molecule has 0 aliphatic heterocycles. The van der Waals surface area contributed by atoms with E-state index in [0.29, 0.717) is 27.8 Å². The third-order valence-corrected chi connectivity index (χ3v) is 4.63. The first-order valence-electron chi connectivity index (χ1n) is 7.36. The summed E-state index contributed by atoms with van der Waals surface area (Å²) in [5.74, 6) is 0.0837. The van der Waals surface area contributed by atoms with Crippen molar-refractivity contribution in [2.24, 2.45) is 0 Å². The van der Waals surface area contributed by atoms with Crippen LogP contribution in [0.1, 0.15) is 21.8 Å². The van der Waals surface area contributed by atoms with Crippen LogP contribution in [0.3, 0.4) is 0 Å². The molecule has 0 fully saturated rings. The van der Waals surface area contributed by atoms with Gasteiger partial charge in [0.1, 0.15) is 5.76 Å². The summed E-state index contributed by atoms with van der Waals surface area (Å²) >= 11 is 4.63. The molecule has 2 aromatic heterocycles. The number of rotatable bonds is 5. The van der Waals surface area contributed by atoms with Crippen LogP contribution in [0.4, 0.5) is 10.8 Å². The zero-order chi connectivity index (χ0) is 17.8. The fourth-order valence-corrected chi connectivity index (χ4v) is 3.27. The van der Waals surface area contributed by atoms with Gasteiger partial charge in [-0.25, -0.2) is 4.98 Å². The van der Waals surface area contributed by atoms with Gasteiger partial charge in [0.25, 0.3) is 5.91 Å². The number of carbonyl (C=O) groups is 2. The number of benzene rings is 1. The number of hydrogen-bond acceptors (Lipinski definition) is 5. The second kappa shape index (κ2) is 7.62. The molecule has 0 saturated heterocycles. The second-order valence-corrected chi connectivity index (χ2v) is 7.00. The van der Waals surface area contributed by atoms with Gasteiger partial charge in [-0.2, -0.15) is 0 Å². The van der Waals surface area contributed by atoms with Crippen LogP contribution in [0.2, 0.25) is 0 Å². The zero-order valence-electron chi connectivity index (χ0n) is 13.2. The molecular formula is C17H14BrN3O3S. The number of carbonyl (C=O) groups excluding carboxylic acids is 2. The van der Waals surface area contributed by atoms with Crippen molar-refractivity contribution in [2.45, 2.75) is 13.3 Å². The molecule has 0 saturated carbocycles. The Hall–Kier alpha value is -2.45. The number of amides is 2. The van der Waals surface area contributed by atoms with Crippen LogP contribution in [-0.4, -0.2) is 16.8 Å². The lowest BCUT2D eigenvalue weighted by Gasteiger charge is -2.04. The summed E-state index contributed by atoms with van der Waals surface area (Å²) in [5, 5.41) is 7.70. The van der Waals surface area contributed by atoms with E-state index < -0.39 is 0 Å². The van der Waals surface area contributed by atoms with Gasteiger partial charge in [0.05, 0.1) is 23.9 Å². The number of aryl methyl sites for hydroxylation is 1. The van der Waals surface area contributed by atoms with Crippen LogP contribution in [0, 0.1) is 6.92 Å². The molecule has 1 aromatic carbocycles. The van der Waals surface area contributed by atoms with E-state index in [4.69, 9.17) is 4.42 Å². The van der Waals surface area contributed by atoms with Gasteiger partial charge in [0.15, 0.2) is 5.13 Å². The van der Waals surface area contributed by atoms with Crippen molar-refractivity contribution in [1.82, 2.24) is 4.98 Å². The van der Waals surface area contributed by atoms with Crippen molar-refractivity contribution in [3.63, 3.8) is 0 Å². The van der Waals surface area contributed by atoms with Gasteiger partial charge in [0, 0.05) is 15.5 Å². The number of halogens is 1. The smallest absolute Gasteiger partial charge is 0.260 e. The van der Waals surface area contributed by atoms with Crippen LogP contribution in [-0.2, 0) is 11.2 Å². The zero-order valence-corrected chi connectivity index (χ0v) is 15.6. The van der Waals surface area contributed by atoms with E-state index in [-0.39, 0.29) is 18.2 Å². The van der Waals surface area contributed by atoms with E-state index >= 15 is 0 Å². The van der Waals surface area contributed by atoms with Gasteiger partial charge in [0.2, 0.25) is 5.91 Å². The van der Waals surface area contributed by atoms with Crippen molar-refractivity contribution < 1.29 is 14.0 Å². The van der Waals surface area contributed by atoms with Crippen molar-refractivity contribution in [1.29, 1.82) is 0 Å². The highest BCUT2D eigenvalue weighted by atomic mass is 79.9. The lowest BCUT2D eigenvalue weighted by Crippen LogP contribution is -2.15. The first kappa shape index (κ1) is 17.4. The molecule has 0 unspecified atom stereocenters. The Kier molecular flexibility index (Phi) is 5.30. The molecule has 2 heterocycles. The first-order chi connectivity index (χ1) is 12.0. The predicted octanol–water partition coefficient (Wildman–Crippen LogP) is 4.24. The van der Waals surface area contributed by atoms with Crippen LogP contribution in [0.15, 0.2) is 50.9 Å². The monoisotopic (exact) mass is 419 g/mol. The Balaban J connectivity index is 1.59. The molecule has 2 N–H and O–H groups in total. The maximum Gasteiger partial charge on any atom is 0.260 e. The number of hydrogen-bond donors (Lipinski definition) is 2. The van der Waals surface area contributed by atoms with Gasteiger partial charge < -0.3 is 9.73 Å². The molecular weight excluding hydrogens is 406 g/mol. The topological polar surface area (TPSA) is 84.2 Å². The Morgan fingerprint density at radius 1 is 1.28 bits per heavy atom. The van der Waals surface area contributed by atoms with Crippen LogP contribution in [0.5, 0.6) is 0 Å². The summed E-state index contributed by atoms with van der Waals surface area (Å²) in [6.45, 7) is 1.72. The maximum absolute atomic E-state index is 12.1. The molecule has 0 aliphatic rings. The summed E-state index contributed by atoms with van der Waals surface area (Å²) in [7, 11) is 0. The average molecular weight is 420 g/mol. The van der Waals surface area contributed by atoms with Gasteiger partial charge in [-0.3, -0.25) is 14.9 Å². The molecule has 3 rings (SSSR count). The minimum Gasteiger partial charge on any atom is -0.469 e. The molecule has 25 heavy (non-hydrogen) atoms. The standard InChI is InChI=1S/C17H14BrN3O3S/c1-10-14(5-6-24-10)16(23)21-17-20-13(9-25-17)8-15(22)19-12-4-2-3-11(18)7-12/h2-7,9H,8H2,1H3,(H,19,22)(H,20,21,23). The molecule has 8 heteroatoms. The highest BCUT2D eigenvalue weighted by Gasteiger charge is 2.14. The van der Waals surface area contributed by atoms with Crippen LogP contribution < -0.4 is 10.6 Å². The van der Waals surface area contributed by atoms with Crippen LogP contribution >= 0.6 is 27.3 Å². The summed E-state index contributed by atoms with van der Waals surface area (Å²) in [6, 6.07) is 8.95. The minimum absolute atomic E-state index is 0.129. The van der Waals surface area contributed by atoms with Crippen molar-refractivity contribution in [3.8, 4) is 0 Å². The average Bonchev–Trinajstić information content (AvgIpc) is 3.16. The Morgan fingerprint density at radius 3 is 2.84 bits per heavy atom. The molecule has 128 valence electrons. The first-order valence-corrected chi connectivity index (χ1v) is 9.04. The molecule has 0 aliphatic carbocycles. The highest BCUT2D eigenvalue weighted by molar-refractivity contribution is 9.10. The van der Waals surface area contributed by atoms with Gasteiger partial charge in [-0.05, 0) is 31.2 Å². The molecule has 0 spiro atoms. The number of anilines is 2. The maximum atomic E-state index is 12.1. The van der Waals surface area contributed by atoms with Crippen molar-refractivity contribution in [2.75, 3.05) is 10.6 Å². The predicted molar refractivity (Wildman–Crippen MR) is 100.0 cm³/mol. The molecule has 3 aromatic rings. The third-order valence-electron chi connectivity index (χ3n) is 3.33. The number of nitrogens with zero attached hydrogens (tertiary/aromatic N) is 1. The van der Waals surface area contributed by atoms with Crippen LogP contribution in [0.25, 0.3) is 0 Å². The lowest BCUT2D eigenvalue weighted by atomic mass is 10.2. The number of aromatic nitrogens is 1. The van der Waals surface area contributed by atoms with E-state index in [0.717, 1.165) is 4.47 Å². The SMILES string of the molecule is Cc1occc1C(=O)Nc1nc(CC(=O)Nc2cccc(Br)c2)cs1. The molecule has 0 bridgehead atoms. The third kappa shape index (κ3) is 4.55. The Morgan fingerprint density at radius 2 is 2.12 bits per heavy atom. The largest absolute Gasteiger partial charge is 0.469 e. The highest BCUT2D eigenvalue weighted by Crippen LogP contribution is 2.19. The van der Waals surface area contributed by atoms with E-state index in [1.807, 2.05) is 24.3 Å². The Bertz CT molecular complexity index is 919. The fourth-order valence-electron chi connectivity index (χ4n) is 2.17. The van der Waals surface area contributed by atoms with E-state index in [1.165, 1.54) is 17.6 Å². The van der Waals surface area contributed by atoms with E-state index in [9.17, 15) is 9.59 Å². The summed E-state index contributed by atoms with van der Waals surface area (Å²) < 4.78 is 6.00. The minimum atomic E-state index is -0.286. The summed E-state index contributed by atoms with van der Waals surface area (Å²) in [4.78, 5) is 28.5. The molecule has 0 radical (unpaired) electrons. The Labute approximate surface area is 156 Å². The number of thiazole rings is 1. The van der Waals surface area contributed by atoms with Gasteiger partial charge in [-0.15, -0.1) is 11.3 Å². The summed E-state index contributed by atoms with van der Waals surface area (Å²) in [6.07, 6.45) is 1.59. The molecule has 2 amide bonds.